The molecule has 0 aliphatic carbocycles. The van der Waals surface area contributed by atoms with E-state index >= 15 is 0 Å². The predicted octanol–water partition coefficient (Wildman–Crippen LogP) is 3.75. The van der Waals surface area contributed by atoms with Gasteiger partial charge < -0.3 is 10.1 Å². The summed E-state index contributed by atoms with van der Waals surface area (Å²) in [6, 6.07) is 9.94. The van der Waals surface area contributed by atoms with Gasteiger partial charge in [0.2, 0.25) is 5.75 Å². The number of halogens is 2. The van der Waals surface area contributed by atoms with Crippen molar-refractivity contribution in [2.45, 2.75) is 13.0 Å². The molecule has 0 aliphatic heterocycles. The van der Waals surface area contributed by atoms with Crippen LogP contribution < -0.4 is 10.1 Å². The molecule has 0 saturated carbocycles. The molecule has 2 aromatic rings. The Morgan fingerprint density at radius 1 is 1.38 bits per heavy atom. The molecule has 24 heavy (non-hydrogen) atoms. The van der Waals surface area contributed by atoms with Crippen LogP contribution in [-0.4, -0.2) is 17.4 Å². The van der Waals surface area contributed by atoms with Crippen LogP contribution in [0.2, 0.25) is 0 Å². The Balaban J connectivity index is 2.00. The Morgan fingerprint density at radius 3 is 2.75 bits per heavy atom. The highest BCUT2D eigenvalue weighted by Crippen LogP contribution is 2.27. The zero-order valence-corrected chi connectivity index (χ0v) is 14.2. The Labute approximate surface area is 145 Å². The normalized spacial score (nSPS) is 11.6. The number of hydrogen-bond donors (Lipinski definition) is 1. The first kappa shape index (κ1) is 17.9. The Kier molecular flexibility index (Phi) is 5.86. The van der Waals surface area contributed by atoms with E-state index in [1.807, 2.05) is 24.3 Å². The second-order valence-electron chi connectivity index (χ2n) is 4.97. The zero-order chi connectivity index (χ0) is 17.7. The van der Waals surface area contributed by atoms with E-state index in [0.29, 0.717) is 0 Å². The first-order chi connectivity index (χ1) is 11.4. The highest BCUT2D eigenvalue weighted by Gasteiger charge is 2.18. The molecule has 8 heteroatoms. The molecule has 2 rings (SSSR count). The van der Waals surface area contributed by atoms with Crippen molar-refractivity contribution in [3.63, 3.8) is 0 Å². The number of carbonyl (C=O) groups excluding carboxylic acids is 1. The summed E-state index contributed by atoms with van der Waals surface area (Å²) in [6.07, 6.45) is 0. The minimum absolute atomic E-state index is 0.288. The van der Waals surface area contributed by atoms with Gasteiger partial charge in [-0.15, -0.1) is 0 Å². The molecule has 1 amide bonds. The van der Waals surface area contributed by atoms with Gasteiger partial charge in [-0.05, 0) is 24.6 Å². The van der Waals surface area contributed by atoms with Crippen molar-refractivity contribution < 1.29 is 18.8 Å². The van der Waals surface area contributed by atoms with Crippen molar-refractivity contribution in [2.24, 2.45) is 0 Å². The summed E-state index contributed by atoms with van der Waals surface area (Å²) in [5.41, 5.74) is 0.477. The molecule has 126 valence electrons. The average Bonchev–Trinajstić information content (AvgIpc) is 2.53. The number of nitro benzene ring substituents is 1. The van der Waals surface area contributed by atoms with Gasteiger partial charge in [0.1, 0.15) is 5.82 Å². The minimum atomic E-state index is -0.698. The summed E-state index contributed by atoms with van der Waals surface area (Å²) >= 11 is 3.40. The molecule has 2 aromatic carbocycles. The van der Waals surface area contributed by atoms with E-state index in [-0.39, 0.29) is 11.8 Å². The average molecular weight is 397 g/mol. The van der Waals surface area contributed by atoms with Crippen molar-refractivity contribution in [1.82, 2.24) is 5.32 Å². The van der Waals surface area contributed by atoms with Gasteiger partial charge in [0.15, 0.2) is 6.61 Å². The van der Waals surface area contributed by atoms with E-state index in [2.05, 4.69) is 21.2 Å². The number of nitrogens with zero attached hydrogens (tertiary/aromatic N) is 1. The Morgan fingerprint density at radius 2 is 2.08 bits per heavy atom. The van der Waals surface area contributed by atoms with E-state index < -0.39 is 28.9 Å². The quantitative estimate of drug-likeness (QED) is 0.595. The first-order valence-corrected chi connectivity index (χ1v) is 7.78. The van der Waals surface area contributed by atoms with Gasteiger partial charge in [-0.1, -0.05) is 34.1 Å². The number of carbonyl (C=O) groups is 1. The Hall–Kier alpha value is -2.48. The topological polar surface area (TPSA) is 81.5 Å². The molecule has 0 radical (unpaired) electrons. The van der Waals surface area contributed by atoms with E-state index in [0.717, 1.165) is 28.2 Å². The molecule has 0 aromatic heterocycles. The summed E-state index contributed by atoms with van der Waals surface area (Å²) in [5.74, 6) is -1.45. The molecule has 1 N–H and O–H groups in total. The summed E-state index contributed by atoms with van der Waals surface area (Å²) in [6.45, 7) is 1.34. The number of nitrogens with one attached hydrogen (secondary N) is 1. The fourth-order valence-corrected chi connectivity index (χ4v) is 2.71. The van der Waals surface area contributed by atoms with Gasteiger partial charge in [0.25, 0.3) is 5.91 Å². The van der Waals surface area contributed by atoms with Crippen molar-refractivity contribution >= 4 is 27.5 Å². The molecule has 0 heterocycles. The molecule has 0 saturated heterocycles. The SMILES string of the molecule is C[C@@H](NC(=O)COc1cc(F)ccc1[N+](=O)[O-])c1ccccc1Br. The lowest BCUT2D eigenvalue weighted by atomic mass is 10.1. The number of ether oxygens (including phenoxy) is 1. The zero-order valence-electron chi connectivity index (χ0n) is 12.7. The Bertz CT molecular complexity index is 769. The third-order valence-corrected chi connectivity index (χ3v) is 3.95. The molecule has 0 aliphatic rings. The molecule has 0 unspecified atom stereocenters. The van der Waals surface area contributed by atoms with Gasteiger partial charge in [-0.25, -0.2) is 4.39 Å². The van der Waals surface area contributed by atoms with E-state index in [1.54, 1.807) is 6.92 Å². The number of rotatable bonds is 6. The molecule has 0 bridgehead atoms. The van der Waals surface area contributed by atoms with Gasteiger partial charge >= 0.3 is 5.69 Å². The molecular weight excluding hydrogens is 383 g/mol. The highest BCUT2D eigenvalue weighted by molar-refractivity contribution is 9.10. The maximum atomic E-state index is 13.2. The summed E-state index contributed by atoms with van der Waals surface area (Å²) in [5, 5.41) is 13.6. The van der Waals surface area contributed by atoms with Crippen molar-refractivity contribution in [3.8, 4) is 5.75 Å². The van der Waals surface area contributed by atoms with Crippen LogP contribution in [0.5, 0.6) is 5.75 Å². The van der Waals surface area contributed by atoms with Gasteiger partial charge in [0, 0.05) is 16.6 Å². The largest absolute Gasteiger partial charge is 0.477 e. The third-order valence-electron chi connectivity index (χ3n) is 3.23. The van der Waals surface area contributed by atoms with Crippen molar-refractivity contribution in [2.75, 3.05) is 6.61 Å². The fraction of sp³-hybridized carbons (Fsp3) is 0.188. The van der Waals surface area contributed by atoms with Crippen LogP contribution >= 0.6 is 15.9 Å². The van der Waals surface area contributed by atoms with Crippen LogP contribution in [0.25, 0.3) is 0 Å². The summed E-state index contributed by atoms with van der Waals surface area (Å²) < 4.78 is 19.2. The number of hydrogen-bond acceptors (Lipinski definition) is 4. The summed E-state index contributed by atoms with van der Waals surface area (Å²) in [7, 11) is 0. The van der Waals surface area contributed by atoms with Gasteiger partial charge in [-0.3, -0.25) is 14.9 Å². The lowest BCUT2D eigenvalue weighted by Gasteiger charge is -2.16. The van der Waals surface area contributed by atoms with Crippen LogP contribution in [0, 0.1) is 15.9 Å². The van der Waals surface area contributed by atoms with Crippen LogP contribution in [0.3, 0.4) is 0 Å². The monoisotopic (exact) mass is 396 g/mol. The maximum Gasteiger partial charge on any atom is 0.311 e. The lowest BCUT2D eigenvalue weighted by molar-refractivity contribution is -0.385. The number of benzene rings is 2. The van der Waals surface area contributed by atoms with Gasteiger partial charge in [-0.2, -0.15) is 0 Å². The predicted molar refractivity (Wildman–Crippen MR) is 89.2 cm³/mol. The molecular formula is C16H14BrFN2O4. The van der Waals surface area contributed by atoms with E-state index in [1.165, 1.54) is 0 Å². The van der Waals surface area contributed by atoms with E-state index in [4.69, 9.17) is 4.74 Å². The molecule has 0 fully saturated rings. The molecule has 6 nitrogen and oxygen atoms in total. The summed E-state index contributed by atoms with van der Waals surface area (Å²) in [4.78, 5) is 22.1. The van der Waals surface area contributed by atoms with Gasteiger partial charge in [0.05, 0.1) is 11.0 Å². The van der Waals surface area contributed by atoms with Crippen LogP contribution in [0.4, 0.5) is 10.1 Å². The smallest absolute Gasteiger partial charge is 0.311 e. The van der Waals surface area contributed by atoms with Crippen molar-refractivity contribution in [1.29, 1.82) is 0 Å². The first-order valence-electron chi connectivity index (χ1n) is 6.99. The van der Waals surface area contributed by atoms with Crippen molar-refractivity contribution in [3.05, 3.63) is 68.4 Å². The molecule has 0 spiro atoms. The number of amides is 1. The lowest BCUT2D eigenvalue weighted by Crippen LogP contribution is -2.31. The third kappa shape index (κ3) is 4.51. The second-order valence-corrected chi connectivity index (χ2v) is 5.82. The maximum absolute atomic E-state index is 13.2. The fourth-order valence-electron chi connectivity index (χ4n) is 2.08. The van der Waals surface area contributed by atoms with Crippen LogP contribution in [0.15, 0.2) is 46.9 Å². The van der Waals surface area contributed by atoms with Crippen LogP contribution in [0.1, 0.15) is 18.5 Å². The number of nitro groups is 1. The minimum Gasteiger partial charge on any atom is -0.477 e. The van der Waals surface area contributed by atoms with E-state index in [9.17, 15) is 19.3 Å². The standard InChI is InChI=1S/C16H14BrFN2O4/c1-10(12-4-2-3-5-13(12)17)19-16(21)9-24-15-8-11(18)6-7-14(15)20(22)23/h2-8,10H,9H2,1H3,(H,19,21)/t10-/m1/s1. The highest BCUT2D eigenvalue weighted by atomic mass is 79.9. The molecule has 1 atom stereocenters. The van der Waals surface area contributed by atoms with Crippen LogP contribution in [-0.2, 0) is 4.79 Å². The second kappa shape index (κ2) is 7.87.